The first kappa shape index (κ1) is 34.8. The van der Waals surface area contributed by atoms with Crippen molar-refractivity contribution in [3.05, 3.63) is 101 Å². The molecule has 2 aromatic rings. The summed E-state index contributed by atoms with van der Waals surface area (Å²) in [5.41, 5.74) is 3.56. The number of ether oxygens (including phenoxy) is 1. The molecular weight excluding hydrogens is 681 g/mol. The number of hydrogen-bond acceptors (Lipinski definition) is 5. The van der Waals surface area contributed by atoms with Crippen LogP contribution in [-0.2, 0) is 36.9 Å². The quantitative estimate of drug-likeness (QED) is 0.0720. The number of allylic oxidation sites excluding steroid dienone is 4. The Bertz CT molecular complexity index is 1390. The zero-order valence-corrected chi connectivity index (χ0v) is 29.0. The maximum absolute atomic E-state index is 14.8. The van der Waals surface area contributed by atoms with E-state index in [1.807, 2.05) is 84.8 Å². The molecule has 0 radical (unpaired) electrons. The summed E-state index contributed by atoms with van der Waals surface area (Å²) < 4.78 is 4.98. The highest BCUT2D eigenvalue weighted by Gasteiger charge is 2.60. The van der Waals surface area contributed by atoms with E-state index in [2.05, 4.69) is 41.3 Å². The highest BCUT2D eigenvalue weighted by atomic mass is 127. The highest BCUT2D eigenvalue weighted by Crippen LogP contribution is 2.46. The molecule has 1 amide bonds. The molecule has 2 aromatic carbocycles. The average Bonchev–Trinajstić information content (AvgIpc) is 3.48. The molecule has 1 fully saturated rings. The normalized spacial score (nSPS) is 21.2. The zero-order valence-electron chi connectivity index (χ0n) is 26.8. The van der Waals surface area contributed by atoms with Crippen LogP contribution in [0.25, 0.3) is 5.90 Å². The first-order valence-electron chi connectivity index (χ1n) is 15.8. The van der Waals surface area contributed by atoms with Crippen molar-refractivity contribution in [1.82, 2.24) is 4.90 Å². The number of halogens is 1. The average molecular weight is 728 g/mol. The number of esters is 1. The number of benzene rings is 2. The van der Waals surface area contributed by atoms with Gasteiger partial charge in [-0.2, -0.15) is 0 Å². The van der Waals surface area contributed by atoms with Crippen molar-refractivity contribution in [2.45, 2.75) is 81.3 Å². The van der Waals surface area contributed by atoms with Gasteiger partial charge in [-0.3, -0.25) is 14.4 Å². The van der Waals surface area contributed by atoms with Crippen LogP contribution >= 0.6 is 22.6 Å². The van der Waals surface area contributed by atoms with E-state index in [1.54, 1.807) is 6.92 Å². The van der Waals surface area contributed by atoms with Gasteiger partial charge in [0.25, 0.3) is 11.9 Å². The molecule has 1 N–H and O–H groups in total. The van der Waals surface area contributed by atoms with Crippen LogP contribution in [0, 0.1) is 5.92 Å². The first-order valence-corrected chi connectivity index (χ1v) is 17.1. The molecule has 242 valence electrons. The molecule has 0 bridgehead atoms. The Kier molecular flexibility index (Phi) is 12.0. The van der Waals surface area contributed by atoms with E-state index in [0.717, 1.165) is 42.5 Å². The molecule has 4 rings (SSSR count). The number of carbonyl (C=O) groups is 3. The molecule has 1 saturated heterocycles. The fraction of sp³-hybridized carbons (Fsp3) is 0.472. The summed E-state index contributed by atoms with van der Waals surface area (Å²) in [6.45, 7) is 7.20. The molecule has 0 spiro atoms. The number of likely N-dealkylation sites (tertiary alicyclic amines) is 1. The molecule has 1 aliphatic carbocycles. The molecule has 4 atom stereocenters. The summed E-state index contributed by atoms with van der Waals surface area (Å²) in [6, 6.07) is 19.9. The van der Waals surface area contributed by atoms with Gasteiger partial charge in [0.05, 0.1) is 13.2 Å². The number of likely N-dealkylation sites (N-methyl/N-ethyl adjacent to an activating group) is 1. The number of amides is 1. The van der Waals surface area contributed by atoms with Crippen molar-refractivity contribution in [1.29, 1.82) is 0 Å². The third-order valence-corrected chi connectivity index (χ3v) is 10.8. The number of quaternary nitrogens is 1. The topological polar surface area (TPSA) is 96.7 Å². The molecule has 2 aliphatic rings. The molecule has 4 unspecified atom stereocenters. The van der Waals surface area contributed by atoms with Gasteiger partial charge < -0.3 is 24.9 Å². The fourth-order valence-electron chi connectivity index (χ4n) is 7.31. The van der Waals surface area contributed by atoms with Crippen LogP contribution in [0.4, 0.5) is 0 Å². The van der Waals surface area contributed by atoms with Crippen LogP contribution in [0.2, 0.25) is 0 Å². The molecule has 0 saturated carbocycles. The zero-order chi connectivity index (χ0) is 32.6. The molecule has 1 aliphatic heterocycles. The fourth-order valence-corrected chi connectivity index (χ4v) is 7.99. The Labute approximate surface area is 281 Å². The van der Waals surface area contributed by atoms with Crippen molar-refractivity contribution in [2.75, 3.05) is 20.2 Å². The van der Waals surface area contributed by atoms with Gasteiger partial charge in [-0.15, -0.1) is 0 Å². The van der Waals surface area contributed by atoms with Gasteiger partial charge in [0.15, 0.2) is 6.04 Å². The molecule has 45 heavy (non-hydrogen) atoms. The summed E-state index contributed by atoms with van der Waals surface area (Å²) in [4.78, 5) is 47.4. The number of nitrogens with one attached hydrogen (secondary N) is 1. The maximum atomic E-state index is 14.8. The van der Waals surface area contributed by atoms with Gasteiger partial charge in [0.2, 0.25) is 0 Å². The number of carbonyl (C=O) groups excluding carboxylic acids is 3. The standard InChI is InChI=1S/C36H46IN3O5/c1-5-44-35(43)30(37)24-29(34(42)45-38)36(2,3)40(25-27-17-10-7-11-18-27)22-14-21-32(40)33(41)39(4)31-20-13-12-19-28(31)23-26-15-8-6-9-16-26/h6-12,15-19,29-30,32,38H,5,13-14,20-25H2,1-4H3. The van der Waals surface area contributed by atoms with Crippen molar-refractivity contribution >= 4 is 40.4 Å². The second-order valence-electron chi connectivity index (χ2n) is 12.6. The third-order valence-electron chi connectivity index (χ3n) is 9.80. The molecular formula is C36H46IN3O5. The van der Waals surface area contributed by atoms with Crippen LogP contribution in [0.3, 0.4) is 0 Å². The lowest BCUT2D eigenvalue weighted by atomic mass is 9.78. The summed E-state index contributed by atoms with van der Waals surface area (Å²) in [5.74, 6) is 5.70. The Morgan fingerprint density at radius 2 is 1.69 bits per heavy atom. The molecule has 1 heterocycles. The third kappa shape index (κ3) is 7.69. The largest absolute Gasteiger partial charge is 0.564 e. The SMILES string of the molecule is CCOC(=O)C(I)CC(C(=O)O[NH-])C(C)(C)[N+]1(Cc2ccccc2)CCCC1C(=O)N(C)C1=C(Cc2ccccc2)C=CCC1. The number of rotatable bonds is 13. The van der Waals surface area contributed by atoms with E-state index in [-0.39, 0.29) is 18.9 Å². The highest BCUT2D eigenvalue weighted by molar-refractivity contribution is 14.1. The van der Waals surface area contributed by atoms with Crippen molar-refractivity contribution in [2.24, 2.45) is 5.92 Å². The summed E-state index contributed by atoms with van der Waals surface area (Å²) in [7, 11) is 1.89. The minimum absolute atomic E-state index is 0.0294. The minimum atomic E-state index is -0.866. The van der Waals surface area contributed by atoms with Crippen LogP contribution in [-0.4, -0.2) is 62.9 Å². The Hall–Kier alpha value is -3.02. The van der Waals surface area contributed by atoms with E-state index in [0.29, 0.717) is 24.0 Å². The van der Waals surface area contributed by atoms with Crippen LogP contribution in [0.5, 0.6) is 0 Å². The van der Waals surface area contributed by atoms with E-state index >= 15 is 0 Å². The lowest BCUT2D eigenvalue weighted by Gasteiger charge is -2.54. The van der Waals surface area contributed by atoms with Gasteiger partial charge in [-0.25, -0.2) is 0 Å². The summed E-state index contributed by atoms with van der Waals surface area (Å²) in [5, 5.41) is 0. The van der Waals surface area contributed by atoms with Gasteiger partial charge in [0.1, 0.15) is 21.9 Å². The van der Waals surface area contributed by atoms with E-state index in [4.69, 9.17) is 10.6 Å². The Morgan fingerprint density at radius 3 is 2.31 bits per heavy atom. The lowest BCUT2D eigenvalue weighted by molar-refractivity contribution is -0.990. The summed E-state index contributed by atoms with van der Waals surface area (Å²) in [6.07, 6.45) is 8.34. The van der Waals surface area contributed by atoms with Gasteiger partial charge in [-0.05, 0) is 57.6 Å². The smallest absolute Gasteiger partial charge is 0.318 e. The second kappa shape index (κ2) is 15.5. The number of hydrogen-bond donors (Lipinski definition) is 0. The second-order valence-corrected chi connectivity index (χ2v) is 14.1. The monoisotopic (exact) mass is 727 g/mol. The Balaban J connectivity index is 1.77. The van der Waals surface area contributed by atoms with E-state index < -0.39 is 33.4 Å². The van der Waals surface area contributed by atoms with Crippen molar-refractivity contribution in [3.8, 4) is 0 Å². The predicted octanol–water partition coefficient (Wildman–Crippen LogP) is 7.13. The lowest BCUT2D eigenvalue weighted by Crippen LogP contribution is -2.70. The van der Waals surface area contributed by atoms with Crippen LogP contribution in [0.15, 0.2) is 84.1 Å². The number of alkyl halides is 1. The first-order chi connectivity index (χ1) is 21.6. The van der Waals surface area contributed by atoms with Crippen LogP contribution < -0.4 is 0 Å². The minimum Gasteiger partial charge on any atom is -0.564 e. The van der Waals surface area contributed by atoms with Crippen molar-refractivity contribution in [3.63, 3.8) is 0 Å². The Morgan fingerprint density at radius 1 is 1.04 bits per heavy atom. The van der Waals surface area contributed by atoms with E-state index in [9.17, 15) is 14.4 Å². The predicted molar refractivity (Wildman–Crippen MR) is 184 cm³/mol. The molecule has 8 nitrogen and oxygen atoms in total. The number of nitrogens with zero attached hydrogens (tertiary/aromatic N) is 2. The molecule has 9 heteroatoms. The van der Waals surface area contributed by atoms with Crippen LogP contribution in [0.1, 0.15) is 64.0 Å². The van der Waals surface area contributed by atoms with Gasteiger partial charge in [-0.1, -0.05) is 95.4 Å². The maximum Gasteiger partial charge on any atom is 0.318 e. The molecule has 0 aromatic heterocycles. The van der Waals surface area contributed by atoms with Crippen molar-refractivity contribution < 1.29 is 28.4 Å². The van der Waals surface area contributed by atoms with E-state index in [1.165, 1.54) is 5.56 Å². The van der Waals surface area contributed by atoms with Gasteiger partial charge in [0, 0.05) is 31.1 Å². The summed E-state index contributed by atoms with van der Waals surface area (Å²) >= 11 is 2.02. The van der Waals surface area contributed by atoms with Gasteiger partial charge >= 0.3 is 5.97 Å².